The lowest BCUT2D eigenvalue weighted by atomic mass is 9.96. The minimum Gasteiger partial charge on any atom is -0.329 e. The van der Waals surface area contributed by atoms with Gasteiger partial charge in [0.1, 0.15) is 0 Å². The Morgan fingerprint density at radius 2 is 1.71 bits per heavy atom. The first kappa shape index (κ1) is 14.3. The predicted octanol–water partition coefficient (Wildman–Crippen LogP) is 3.70. The van der Waals surface area contributed by atoms with Crippen LogP contribution in [-0.2, 0) is 6.54 Å². The summed E-state index contributed by atoms with van der Waals surface area (Å²) in [6.45, 7) is 1.59. The molecule has 2 heteroatoms. The van der Waals surface area contributed by atoms with E-state index < -0.39 is 0 Å². The van der Waals surface area contributed by atoms with Crippen molar-refractivity contribution >= 4 is 0 Å². The van der Waals surface area contributed by atoms with Crippen LogP contribution in [0.15, 0.2) is 54.6 Å². The van der Waals surface area contributed by atoms with Gasteiger partial charge in [0.25, 0.3) is 0 Å². The monoisotopic (exact) mass is 280 g/mol. The van der Waals surface area contributed by atoms with Crippen molar-refractivity contribution in [3.63, 3.8) is 0 Å². The lowest BCUT2D eigenvalue weighted by Gasteiger charge is -2.29. The molecule has 3 rings (SSSR count). The largest absolute Gasteiger partial charge is 0.329 e. The highest BCUT2D eigenvalue weighted by Gasteiger charge is 2.28. The molecule has 1 unspecified atom stereocenters. The second kappa shape index (κ2) is 6.42. The van der Waals surface area contributed by atoms with E-state index in [4.69, 9.17) is 5.73 Å². The molecule has 0 radical (unpaired) electrons. The maximum atomic E-state index is 6.11. The van der Waals surface area contributed by atoms with E-state index in [1.165, 1.54) is 29.5 Å². The Morgan fingerprint density at radius 3 is 2.38 bits per heavy atom. The number of nitrogens with zero attached hydrogens (tertiary/aromatic N) is 1. The van der Waals surface area contributed by atoms with E-state index in [-0.39, 0.29) is 0 Å². The molecular weight excluding hydrogens is 256 g/mol. The van der Waals surface area contributed by atoms with Crippen molar-refractivity contribution < 1.29 is 0 Å². The quantitative estimate of drug-likeness (QED) is 0.874. The molecule has 0 aromatic heterocycles. The van der Waals surface area contributed by atoms with Crippen LogP contribution in [0.3, 0.4) is 0 Å². The predicted molar refractivity (Wildman–Crippen MR) is 88.1 cm³/mol. The third-order valence-electron chi connectivity index (χ3n) is 4.40. The second-order valence-corrected chi connectivity index (χ2v) is 6.06. The Bertz CT molecular complexity index is 575. The van der Waals surface area contributed by atoms with Crippen LogP contribution >= 0.6 is 0 Å². The zero-order valence-electron chi connectivity index (χ0n) is 12.7. The maximum absolute atomic E-state index is 6.11. The van der Waals surface area contributed by atoms with Crippen LogP contribution in [0.5, 0.6) is 0 Å². The van der Waals surface area contributed by atoms with Crippen molar-refractivity contribution in [1.29, 1.82) is 0 Å². The van der Waals surface area contributed by atoms with E-state index >= 15 is 0 Å². The first-order valence-electron chi connectivity index (χ1n) is 7.82. The minimum atomic E-state index is 0.294. The average molecular weight is 280 g/mol. The summed E-state index contributed by atoms with van der Waals surface area (Å²) < 4.78 is 0. The second-order valence-electron chi connectivity index (χ2n) is 6.06. The lowest BCUT2D eigenvalue weighted by Crippen LogP contribution is -2.30. The van der Waals surface area contributed by atoms with Gasteiger partial charge < -0.3 is 5.73 Å². The molecule has 0 amide bonds. The van der Waals surface area contributed by atoms with Crippen LogP contribution in [0, 0.1) is 0 Å². The summed E-state index contributed by atoms with van der Waals surface area (Å²) in [5.74, 6) is 0.764. The summed E-state index contributed by atoms with van der Waals surface area (Å²) in [7, 11) is 2.17. The van der Waals surface area contributed by atoms with E-state index in [2.05, 4.69) is 66.5 Å². The number of nitrogens with two attached hydrogens (primary N) is 1. The number of hydrogen-bond acceptors (Lipinski definition) is 2. The molecule has 0 bridgehead atoms. The molecule has 2 aromatic rings. The molecule has 1 fully saturated rings. The molecule has 2 N–H and O–H groups in total. The molecule has 0 aliphatic heterocycles. The topological polar surface area (TPSA) is 29.3 Å². The standard InChI is InChI=1S/C19H24N2/c1-21(14-15-7-3-2-4-8-15)19(13-20)18-10-6-5-9-17(18)16-11-12-16/h2-10,16,19H,11-14,20H2,1H3. The van der Waals surface area contributed by atoms with E-state index in [0.29, 0.717) is 12.6 Å². The van der Waals surface area contributed by atoms with E-state index in [1.807, 2.05) is 0 Å². The number of likely N-dealkylation sites (N-methyl/N-ethyl adjacent to an activating group) is 1. The number of rotatable bonds is 6. The average Bonchev–Trinajstić information content (AvgIpc) is 3.34. The summed E-state index contributed by atoms with van der Waals surface area (Å²) in [5.41, 5.74) is 10.4. The summed E-state index contributed by atoms with van der Waals surface area (Å²) in [6, 6.07) is 19.7. The minimum absolute atomic E-state index is 0.294. The normalized spacial score (nSPS) is 16.1. The van der Waals surface area contributed by atoms with Crippen molar-refractivity contribution in [2.45, 2.75) is 31.3 Å². The summed E-state index contributed by atoms with van der Waals surface area (Å²) in [4.78, 5) is 2.37. The molecule has 0 heterocycles. The molecule has 1 atom stereocenters. The Kier molecular flexibility index (Phi) is 4.37. The fourth-order valence-electron chi connectivity index (χ4n) is 3.11. The first-order valence-corrected chi connectivity index (χ1v) is 7.82. The Balaban J connectivity index is 1.81. The summed E-state index contributed by atoms with van der Waals surface area (Å²) in [5, 5.41) is 0. The van der Waals surface area contributed by atoms with E-state index in [9.17, 15) is 0 Å². The van der Waals surface area contributed by atoms with Gasteiger partial charge in [-0.3, -0.25) is 4.90 Å². The van der Waals surface area contributed by atoms with E-state index in [0.717, 1.165) is 12.5 Å². The number of benzene rings is 2. The molecule has 0 spiro atoms. The van der Waals surface area contributed by atoms with Gasteiger partial charge in [0.05, 0.1) is 0 Å². The Morgan fingerprint density at radius 1 is 1.05 bits per heavy atom. The highest BCUT2D eigenvalue weighted by molar-refractivity contribution is 5.36. The van der Waals surface area contributed by atoms with Gasteiger partial charge in [-0.05, 0) is 42.5 Å². The van der Waals surface area contributed by atoms with Gasteiger partial charge in [-0.15, -0.1) is 0 Å². The molecule has 1 aliphatic rings. The van der Waals surface area contributed by atoms with Gasteiger partial charge in [0.15, 0.2) is 0 Å². The molecule has 2 aromatic carbocycles. The van der Waals surface area contributed by atoms with Crippen molar-refractivity contribution in [3.05, 3.63) is 71.3 Å². The van der Waals surface area contributed by atoms with Crippen LogP contribution in [0.4, 0.5) is 0 Å². The van der Waals surface area contributed by atoms with Crippen molar-refractivity contribution in [2.75, 3.05) is 13.6 Å². The fourth-order valence-corrected chi connectivity index (χ4v) is 3.11. The van der Waals surface area contributed by atoms with E-state index in [1.54, 1.807) is 0 Å². The van der Waals surface area contributed by atoms with Gasteiger partial charge in [0, 0.05) is 19.1 Å². The summed E-state index contributed by atoms with van der Waals surface area (Å²) in [6.07, 6.45) is 2.66. The molecule has 1 saturated carbocycles. The molecule has 0 saturated heterocycles. The highest BCUT2D eigenvalue weighted by Crippen LogP contribution is 2.43. The third-order valence-corrected chi connectivity index (χ3v) is 4.40. The fraction of sp³-hybridized carbons (Fsp3) is 0.368. The van der Waals surface area contributed by atoms with Crippen LogP contribution in [0.2, 0.25) is 0 Å². The third kappa shape index (κ3) is 3.34. The molecule has 2 nitrogen and oxygen atoms in total. The zero-order valence-corrected chi connectivity index (χ0v) is 12.7. The van der Waals surface area contributed by atoms with Crippen molar-refractivity contribution in [2.24, 2.45) is 5.73 Å². The number of hydrogen-bond donors (Lipinski definition) is 1. The molecule has 1 aliphatic carbocycles. The highest BCUT2D eigenvalue weighted by atomic mass is 15.1. The van der Waals surface area contributed by atoms with Crippen molar-refractivity contribution in [1.82, 2.24) is 4.90 Å². The SMILES string of the molecule is CN(Cc1ccccc1)C(CN)c1ccccc1C1CC1. The first-order chi connectivity index (χ1) is 10.3. The van der Waals surface area contributed by atoms with Crippen LogP contribution < -0.4 is 5.73 Å². The van der Waals surface area contributed by atoms with Gasteiger partial charge in [-0.25, -0.2) is 0 Å². The maximum Gasteiger partial charge on any atom is 0.0473 e. The van der Waals surface area contributed by atoms with Gasteiger partial charge >= 0.3 is 0 Å². The van der Waals surface area contributed by atoms with Gasteiger partial charge in [-0.2, -0.15) is 0 Å². The van der Waals surface area contributed by atoms with Gasteiger partial charge in [-0.1, -0.05) is 54.6 Å². The molecule has 21 heavy (non-hydrogen) atoms. The lowest BCUT2D eigenvalue weighted by molar-refractivity contribution is 0.240. The Labute approximate surface area is 127 Å². The van der Waals surface area contributed by atoms with Crippen LogP contribution in [-0.4, -0.2) is 18.5 Å². The Hall–Kier alpha value is -1.64. The van der Waals surface area contributed by atoms with Crippen molar-refractivity contribution in [3.8, 4) is 0 Å². The zero-order chi connectivity index (χ0) is 14.7. The molecular formula is C19H24N2. The van der Waals surface area contributed by atoms with Crippen LogP contribution in [0.1, 0.15) is 41.5 Å². The summed E-state index contributed by atoms with van der Waals surface area (Å²) >= 11 is 0. The molecule has 110 valence electrons. The smallest absolute Gasteiger partial charge is 0.0473 e. The van der Waals surface area contributed by atoms with Gasteiger partial charge in [0.2, 0.25) is 0 Å². The van der Waals surface area contributed by atoms with Crippen LogP contribution in [0.25, 0.3) is 0 Å².